The largest absolute Gasteiger partial charge is 0.497 e. The third-order valence-electron chi connectivity index (χ3n) is 3.94. The van der Waals surface area contributed by atoms with Crippen LogP contribution in [0.5, 0.6) is 5.75 Å². The van der Waals surface area contributed by atoms with E-state index in [1.54, 1.807) is 36.2 Å². The van der Waals surface area contributed by atoms with Crippen LogP contribution >= 0.6 is 0 Å². The van der Waals surface area contributed by atoms with E-state index < -0.39 is 0 Å². The molecule has 0 fully saturated rings. The number of halogens is 1. The summed E-state index contributed by atoms with van der Waals surface area (Å²) in [5.74, 6) is 0.540. The molecule has 0 spiro atoms. The third kappa shape index (κ3) is 2.40. The van der Waals surface area contributed by atoms with Crippen LogP contribution in [0.15, 0.2) is 67.0 Å². The van der Waals surface area contributed by atoms with Crippen LogP contribution in [0.2, 0.25) is 0 Å². The van der Waals surface area contributed by atoms with Gasteiger partial charge in [-0.15, -0.1) is 0 Å². The van der Waals surface area contributed by atoms with Gasteiger partial charge in [-0.2, -0.15) is 5.10 Å². The van der Waals surface area contributed by atoms with E-state index >= 15 is 0 Å². The summed E-state index contributed by atoms with van der Waals surface area (Å²) in [7, 11) is 1.64. The summed E-state index contributed by atoms with van der Waals surface area (Å²) in [6, 6.07) is 16.0. The van der Waals surface area contributed by atoms with Gasteiger partial charge in [-0.05, 0) is 48.0 Å². The maximum absolute atomic E-state index is 13.1. The Bertz CT molecular complexity index is 991. The van der Waals surface area contributed by atoms with Crippen molar-refractivity contribution >= 4 is 5.65 Å². The molecule has 0 radical (unpaired) electrons. The molecule has 0 N–H and O–H groups in total. The predicted molar refractivity (Wildman–Crippen MR) is 90.4 cm³/mol. The molecule has 2 aromatic heterocycles. The second-order valence-corrected chi connectivity index (χ2v) is 5.36. The number of rotatable bonds is 3. The fraction of sp³-hybridized carbons (Fsp3) is 0.0526. The van der Waals surface area contributed by atoms with Gasteiger partial charge in [-0.25, -0.2) is 13.9 Å². The molecular formula is C19H14FN3O. The summed E-state index contributed by atoms with van der Waals surface area (Å²) in [5.41, 5.74) is 4.42. The van der Waals surface area contributed by atoms with E-state index in [-0.39, 0.29) is 5.82 Å². The van der Waals surface area contributed by atoms with Crippen molar-refractivity contribution in [3.8, 4) is 28.1 Å². The second-order valence-electron chi connectivity index (χ2n) is 5.36. The topological polar surface area (TPSA) is 39.4 Å². The zero-order chi connectivity index (χ0) is 16.5. The van der Waals surface area contributed by atoms with Gasteiger partial charge >= 0.3 is 0 Å². The summed E-state index contributed by atoms with van der Waals surface area (Å²) < 4.78 is 20.1. The van der Waals surface area contributed by atoms with E-state index in [1.807, 2.05) is 30.3 Å². The van der Waals surface area contributed by atoms with Crippen molar-refractivity contribution in [2.75, 3.05) is 7.11 Å². The Hall–Kier alpha value is -3.21. The molecule has 0 amide bonds. The minimum Gasteiger partial charge on any atom is -0.497 e. The molecule has 118 valence electrons. The van der Waals surface area contributed by atoms with Gasteiger partial charge < -0.3 is 4.74 Å². The van der Waals surface area contributed by atoms with E-state index in [0.717, 1.165) is 33.8 Å². The van der Waals surface area contributed by atoms with Crippen LogP contribution in [0.3, 0.4) is 0 Å². The Balaban J connectivity index is 1.85. The average Bonchev–Trinajstić information content (AvgIpc) is 3.07. The van der Waals surface area contributed by atoms with Crippen molar-refractivity contribution < 1.29 is 9.13 Å². The third-order valence-corrected chi connectivity index (χ3v) is 3.94. The summed E-state index contributed by atoms with van der Waals surface area (Å²) in [6.45, 7) is 0. The first kappa shape index (κ1) is 14.4. The number of nitrogens with zero attached hydrogens (tertiary/aromatic N) is 3. The molecule has 0 bridgehead atoms. The number of fused-ring (bicyclic) bond motifs is 1. The molecule has 4 aromatic rings. The fourth-order valence-electron chi connectivity index (χ4n) is 2.70. The van der Waals surface area contributed by atoms with Gasteiger partial charge in [0, 0.05) is 17.3 Å². The van der Waals surface area contributed by atoms with Crippen molar-refractivity contribution in [3.63, 3.8) is 0 Å². The average molecular weight is 319 g/mol. The van der Waals surface area contributed by atoms with Gasteiger partial charge in [0.2, 0.25) is 0 Å². The maximum atomic E-state index is 13.1. The molecule has 0 aliphatic carbocycles. The molecule has 0 aliphatic heterocycles. The molecule has 2 heterocycles. The number of ether oxygens (including phenoxy) is 1. The second kappa shape index (κ2) is 5.77. The molecule has 0 aliphatic rings. The first-order valence-corrected chi connectivity index (χ1v) is 7.49. The summed E-state index contributed by atoms with van der Waals surface area (Å²) >= 11 is 0. The van der Waals surface area contributed by atoms with Gasteiger partial charge in [-0.3, -0.25) is 0 Å². The zero-order valence-corrected chi connectivity index (χ0v) is 13.0. The molecular weight excluding hydrogens is 305 g/mol. The fourth-order valence-corrected chi connectivity index (χ4v) is 2.70. The van der Waals surface area contributed by atoms with Gasteiger partial charge in [0.15, 0.2) is 5.65 Å². The molecule has 0 saturated carbocycles. The van der Waals surface area contributed by atoms with Gasteiger partial charge in [-0.1, -0.05) is 12.1 Å². The molecule has 2 aromatic carbocycles. The summed E-state index contributed by atoms with van der Waals surface area (Å²) in [5, 5.41) is 4.47. The van der Waals surface area contributed by atoms with Crippen LogP contribution in [0.1, 0.15) is 0 Å². The Morgan fingerprint density at radius 3 is 2.33 bits per heavy atom. The standard InChI is InChI=1S/C19H14FN3O/c1-24-16-8-4-14(5-9-16)18-10-11-21-19-17(12-22-23(18)19)13-2-6-15(20)7-3-13/h2-12H,1H3. The minimum atomic E-state index is -0.262. The molecule has 4 rings (SSSR count). The lowest BCUT2D eigenvalue weighted by Gasteiger charge is -2.06. The Kier molecular flexibility index (Phi) is 3.46. The number of methoxy groups -OCH3 is 1. The Morgan fingerprint density at radius 2 is 1.62 bits per heavy atom. The van der Waals surface area contributed by atoms with Crippen molar-refractivity contribution in [1.29, 1.82) is 0 Å². The van der Waals surface area contributed by atoms with Crippen LogP contribution in [-0.4, -0.2) is 21.7 Å². The number of aromatic nitrogens is 3. The van der Waals surface area contributed by atoms with Crippen molar-refractivity contribution in [2.45, 2.75) is 0 Å². The van der Waals surface area contributed by atoms with Gasteiger partial charge in [0.1, 0.15) is 11.6 Å². The predicted octanol–water partition coefficient (Wildman–Crippen LogP) is 4.21. The van der Waals surface area contributed by atoms with Crippen LogP contribution in [-0.2, 0) is 0 Å². The summed E-state index contributed by atoms with van der Waals surface area (Å²) in [6.07, 6.45) is 3.51. The van der Waals surface area contributed by atoms with Crippen LogP contribution in [0.25, 0.3) is 28.0 Å². The highest BCUT2D eigenvalue weighted by Gasteiger charge is 2.12. The Morgan fingerprint density at radius 1 is 0.917 bits per heavy atom. The molecule has 0 saturated heterocycles. The zero-order valence-electron chi connectivity index (χ0n) is 13.0. The van der Waals surface area contributed by atoms with E-state index in [1.165, 1.54) is 12.1 Å². The SMILES string of the molecule is COc1ccc(-c2ccnc3c(-c4ccc(F)cc4)cnn23)cc1. The smallest absolute Gasteiger partial charge is 0.163 e. The lowest BCUT2D eigenvalue weighted by atomic mass is 10.1. The van der Waals surface area contributed by atoms with Crippen molar-refractivity contribution in [1.82, 2.24) is 14.6 Å². The lowest BCUT2D eigenvalue weighted by Crippen LogP contribution is -1.95. The molecule has 24 heavy (non-hydrogen) atoms. The van der Waals surface area contributed by atoms with Gasteiger partial charge in [0.05, 0.1) is 19.0 Å². The summed E-state index contributed by atoms with van der Waals surface area (Å²) in [4.78, 5) is 4.44. The molecule has 4 nitrogen and oxygen atoms in total. The van der Waals surface area contributed by atoms with Crippen LogP contribution < -0.4 is 4.74 Å². The highest BCUT2D eigenvalue weighted by Crippen LogP contribution is 2.28. The highest BCUT2D eigenvalue weighted by molar-refractivity contribution is 5.78. The van der Waals surface area contributed by atoms with E-state index in [4.69, 9.17) is 4.74 Å². The first-order valence-electron chi connectivity index (χ1n) is 7.49. The molecule has 0 unspecified atom stereocenters. The molecule has 0 atom stereocenters. The van der Waals surface area contributed by atoms with Crippen molar-refractivity contribution in [2.24, 2.45) is 0 Å². The van der Waals surface area contributed by atoms with Crippen LogP contribution in [0.4, 0.5) is 4.39 Å². The van der Waals surface area contributed by atoms with Gasteiger partial charge in [0.25, 0.3) is 0 Å². The Labute approximate surface area is 138 Å². The normalized spacial score (nSPS) is 10.9. The number of hydrogen-bond donors (Lipinski definition) is 0. The quantitative estimate of drug-likeness (QED) is 0.568. The van der Waals surface area contributed by atoms with E-state index in [0.29, 0.717) is 0 Å². The first-order chi connectivity index (χ1) is 11.8. The van der Waals surface area contributed by atoms with Crippen molar-refractivity contribution in [3.05, 3.63) is 72.8 Å². The minimum absolute atomic E-state index is 0.262. The highest BCUT2D eigenvalue weighted by atomic mass is 19.1. The van der Waals surface area contributed by atoms with E-state index in [2.05, 4.69) is 10.1 Å². The van der Waals surface area contributed by atoms with Crippen LogP contribution in [0, 0.1) is 5.82 Å². The number of benzene rings is 2. The molecule has 5 heteroatoms. The lowest BCUT2D eigenvalue weighted by molar-refractivity contribution is 0.415. The monoisotopic (exact) mass is 319 g/mol. The number of hydrogen-bond acceptors (Lipinski definition) is 3. The maximum Gasteiger partial charge on any atom is 0.163 e. The van der Waals surface area contributed by atoms with E-state index in [9.17, 15) is 4.39 Å².